The van der Waals surface area contributed by atoms with Gasteiger partial charge in [0.05, 0.1) is 12.8 Å². The van der Waals surface area contributed by atoms with Crippen LogP contribution in [0.3, 0.4) is 0 Å². The summed E-state index contributed by atoms with van der Waals surface area (Å²) in [6.07, 6.45) is 0.931. The molecule has 0 radical (unpaired) electrons. The molecule has 0 saturated carbocycles. The zero-order valence-corrected chi connectivity index (χ0v) is 25.6. The molecule has 38 heavy (non-hydrogen) atoms. The standard InChI is InChI=1S/C22H46N4O10Si2/c1-19(2)20(28)36-15-12-24-21(29)23-11-14-26(13-9-16-37(18-27,31-3)32-4)22(30)25-10-8-17-38(33-5,34-6)35-7/h27H,1,8-18H2,2-7H3,(H,25,30)(H2,23,24,29). The van der Waals surface area contributed by atoms with Gasteiger partial charge in [-0.25, -0.2) is 14.4 Å². The second-order valence-electron chi connectivity index (χ2n) is 8.30. The van der Waals surface area contributed by atoms with Crippen LogP contribution >= 0.6 is 0 Å². The number of aliphatic hydroxyl groups is 1. The van der Waals surface area contributed by atoms with Crippen LogP contribution in [0.4, 0.5) is 9.59 Å². The minimum Gasteiger partial charge on any atom is -0.460 e. The van der Waals surface area contributed by atoms with Gasteiger partial charge in [0.1, 0.15) is 6.61 Å². The summed E-state index contributed by atoms with van der Waals surface area (Å²) < 4.78 is 32.0. The van der Waals surface area contributed by atoms with Crippen LogP contribution in [0.25, 0.3) is 0 Å². The van der Waals surface area contributed by atoms with Crippen molar-refractivity contribution in [1.82, 2.24) is 20.9 Å². The summed E-state index contributed by atoms with van der Waals surface area (Å²) in [6, 6.07) is 0.263. The maximum absolute atomic E-state index is 12.9. The molecular formula is C22H46N4O10Si2. The van der Waals surface area contributed by atoms with E-state index >= 15 is 0 Å². The van der Waals surface area contributed by atoms with Crippen molar-refractivity contribution in [1.29, 1.82) is 0 Å². The van der Waals surface area contributed by atoms with Crippen molar-refractivity contribution in [3.63, 3.8) is 0 Å². The third-order valence-corrected chi connectivity index (χ3v) is 11.7. The lowest BCUT2D eigenvalue weighted by Crippen LogP contribution is -2.48. The molecule has 0 fully saturated rings. The number of carbonyl (C=O) groups is 3. The van der Waals surface area contributed by atoms with Crippen LogP contribution in [0, 0.1) is 0 Å². The highest BCUT2D eigenvalue weighted by Crippen LogP contribution is 2.15. The Morgan fingerprint density at radius 2 is 1.42 bits per heavy atom. The molecule has 4 amide bonds. The average Bonchev–Trinajstić information content (AvgIpc) is 2.93. The first-order valence-corrected chi connectivity index (χ1v) is 16.5. The van der Waals surface area contributed by atoms with Crippen molar-refractivity contribution >= 4 is 35.4 Å². The van der Waals surface area contributed by atoms with Crippen molar-refractivity contribution in [2.45, 2.75) is 31.9 Å². The third kappa shape index (κ3) is 13.7. The van der Waals surface area contributed by atoms with E-state index < -0.39 is 29.4 Å². The monoisotopic (exact) mass is 582 g/mol. The largest absolute Gasteiger partial charge is 0.500 e. The Hall–Kier alpha value is -2.06. The first-order valence-electron chi connectivity index (χ1n) is 12.3. The Bertz CT molecular complexity index is 708. The topological polar surface area (TPSA) is 166 Å². The highest BCUT2D eigenvalue weighted by Gasteiger charge is 2.37. The highest BCUT2D eigenvalue weighted by molar-refractivity contribution is 6.67. The molecule has 4 N–H and O–H groups in total. The van der Waals surface area contributed by atoms with Gasteiger partial charge in [-0.2, -0.15) is 0 Å². The van der Waals surface area contributed by atoms with Crippen LogP contribution in [-0.2, 0) is 31.7 Å². The number of ether oxygens (including phenoxy) is 1. The molecule has 0 aromatic heterocycles. The van der Waals surface area contributed by atoms with Gasteiger partial charge < -0.3 is 52.8 Å². The van der Waals surface area contributed by atoms with Gasteiger partial charge in [0.25, 0.3) is 0 Å². The van der Waals surface area contributed by atoms with E-state index in [0.717, 1.165) is 0 Å². The first-order chi connectivity index (χ1) is 18.1. The van der Waals surface area contributed by atoms with Gasteiger partial charge in [0.15, 0.2) is 0 Å². The Morgan fingerprint density at radius 3 is 1.95 bits per heavy atom. The summed E-state index contributed by atoms with van der Waals surface area (Å²) >= 11 is 0. The Kier molecular flexibility index (Phi) is 18.9. The molecule has 0 atom stereocenters. The van der Waals surface area contributed by atoms with E-state index in [2.05, 4.69) is 22.5 Å². The number of hydrogen-bond donors (Lipinski definition) is 4. The Labute approximate surface area is 227 Å². The van der Waals surface area contributed by atoms with Gasteiger partial charge in [0, 0.05) is 73.3 Å². The molecule has 222 valence electrons. The quantitative estimate of drug-likeness (QED) is 0.0642. The van der Waals surface area contributed by atoms with Gasteiger partial charge in [-0.1, -0.05) is 6.58 Å². The van der Waals surface area contributed by atoms with E-state index in [1.807, 2.05) is 0 Å². The lowest BCUT2D eigenvalue weighted by atomic mass is 10.4. The summed E-state index contributed by atoms with van der Waals surface area (Å²) in [5, 5.41) is 17.8. The SMILES string of the molecule is C=C(C)C(=O)OCCNC(=O)NCCN(CCC[Si](CO)(OC)OC)C(=O)NCCC[Si](OC)(OC)OC. The molecule has 14 nitrogen and oxygen atoms in total. The van der Waals surface area contributed by atoms with Crippen molar-refractivity contribution in [3.05, 3.63) is 12.2 Å². The second kappa shape index (κ2) is 19.9. The molecule has 0 bridgehead atoms. The minimum absolute atomic E-state index is 0.0164. The molecule has 0 saturated heterocycles. The minimum atomic E-state index is -2.73. The van der Waals surface area contributed by atoms with Crippen LogP contribution in [0.1, 0.15) is 19.8 Å². The van der Waals surface area contributed by atoms with Crippen molar-refractivity contribution in [2.75, 3.05) is 81.1 Å². The molecule has 0 aromatic carbocycles. The van der Waals surface area contributed by atoms with E-state index in [4.69, 9.17) is 26.9 Å². The van der Waals surface area contributed by atoms with Crippen LogP contribution in [0.15, 0.2) is 12.2 Å². The summed E-state index contributed by atoms with van der Waals surface area (Å²) in [7, 11) is 2.15. The first kappa shape index (κ1) is 35.9. The molecule has 0 unspecified atom stereocenters. The number of urea groups is 2. The maximum Gasteiger partial charge on any atom is 0.500 e. The van der Waals surface area contributed by atoms with E-state index in [-0.39, 0.29) is 44.1 Å². The number of nitrogens with one attached hydrogen (secondary N) is 3. The fraction of sp³-hybridized carbons (Fsp3) is 0.773. The molecule has 0 aliphatic heterocycles. The molecule has 0 aliphatic rings. The van der Waals surface area contributed by atoms with Crippen LogP contribution in [-0.4, -0.2) is 127 Å². The number of nitrogens with zero attached hydrogens (tertiary/aromatic N) is 1. The number of rotatable bonds is 21. The van der Waals surface area contributed by atoms with Gasteiger partial charge >= 0.3 is 35.4 Å². The van der Waals surface area contributed by atoms with Crippen molar-refractivity contribution < 1.29 is 46.4 Å². The molecule has 0 rings (SSSR count). The Morgan fingerprint density at radius 1 is 0.816 bits per heavy atom. The summed E-state index contributed by atoms with van der Waals surface area (Å²) in [4.78, 5) is 37.9. The van der Waals surface area contributed by atoms with Gasteiger partial charge in [-0.15, -0.1) is 0 Å². The maximum atomic E-state index is 12.9. The molecule has 16 heteroatoms. The van der Waals surface area contributed by atoms with Gasteiger partial charge in [-0.3, -0.25) is 0 Å². The van der Waals surface area contributed by atoms with Crippen molar-refractivity contribution in [3.8, 4) is 0 Å². The summed E-state index contributed by atoms with van der Waals surface area (Å²) in [6.45, 7) is 6.34. The number of aliphatic hydroxyl groups excluding tert-OH is 1. The van der Waals surface area contributed by atoms with E-state index in [9.17, 15) is 19.5 Å². The smallest absolute Gasteiger partial charge is 0.460 e. The molecule has 0 aromatic rings. The predicted octanol–water partition coefficient (Wildman–Crippen LogP) is 0.341. The number of esters is 1. The van der Waals surface area contributed by atoms with E-state index in [1.165, 1.54) is 42.5 Å². The van der Waals surface area contributed by atoms with E-state index in [1.54, 1.807) is 4.90 Å². The van der Waals surface area contributed by atoms with Crippen LogP contribution in [0.5, 0.6) is 0 Å². The summed E-state index contributed by atoms with van der Waals surface area (Å²) in [5.74, 6) is -0.524. The van der Waals surface area contributed by atoms with Crippen LogP contribution in [0.2, 0.25) is 12.1 Å². The zero-order chi connectivity index (χ0) is 29.0. The molecule has 0 spiro atoms. The summed E-state index contributed by atoms with van der Waals surface area (Å²) in [5.41, 5.74) is 0.278. The Balaban J connectivity index is 4.81. The van der Waals surface area contributed by atoms with Crippen molar-refractivity contribution in [2.24, 2.45) is 0 Å². The van der Waals surface area contributed by atoms with E-state index in [0.29, 0.717) is 38.0 Å². The lowest BCUT2D eigenvalue weighted by molar-refractivity contribution is -0.138. The molecular weight excluding hydrogens is 536 g/mol. The zero-order valence-electron chi connectivity index (χ0n) is 23.6. The van der Waals surface area contributed by atoms with Gasteiger partial charge in [-0.05, 0) is 25.8 Å². The van der Waals surface area contributed by atoms with Crippen LogP contribution < -0.4 is 16.0 Å². The van der Waals surface area contributed by atoms with Gasteiger partial charge in [0.2, 0.25) is 0 Å². The number of amides is 4. The fourth-order valence-electron chi connectivity index (χ4n) is 3.32. The number of carbonyl (C=O) groups excluding carboxylic acids is 3. The highest BCUT2D eigenvalue weighted by atomic mass is 28.4. The fourth-order valence-corrected chi connectivity index (χ4v) is 6.73. The normalized spacial score (nSPS) is 11.6. The second-order valence-corrected chi connectivity index (χ2v) is 14.8. The lowest BCUT2D eigenvalue weighted by Gasteiger charge is -2.28. The average molecular weight is 583 g/mol. The molecule has 0 aliphatic carbocycles. The molecule has 0 heterocycles. The number of hydrogen-bond acceptors (Lipinski definition) is 10. The predicted molar refractivity (Wildman–Crippen MR) is 145 cm³/mol. The third-order valence-electron chi connectivity index (χ3n) is 5.76.